The lowest BCUT2D eigenvalue weighted by Gasteiger charge is -2.46. The number of aromatic nitrogens is 2. The average Bonchev–Trinajstić information content (AvgIpc) is 3.02. The second-order valence-corrected chi connectivity index (χ2v) is 9.74. The third kappa shape index (κ3) is 4.36. The zero-order valence-corrected chi connectivity index (χ0v) is 17.0. The fourth-order valence-electron chi connectivity index (χ4n) is 4.90. The van der Waals surface area contributed by atoms with E-state index in [4.69, 9.17) is 14.7 Å². The van der Waals surface area contributed by atoms with Crippen molar-refractivity contribution in [3.63, 3.8) is 0 Å². The van der Waals surface area contributed by atoms with Crippen LogP contribution in [-0.4, -0.2) is 64.6 Å². The number of β-amino-alcohol motifs (C(OH)–C–C–N with tert-alkyl or cyclic N) is 1. The number of hydrogen-bond acceptors (Lipinski definition) is 7. The minimum Gasteiger partial charge on any atom is -0.389 e. The predicted molar refractivity (Wildman–Crippen MR) is 106 cm³/mol. The Morgan fingerprint density at radius 1 is 1.19 bits per heavy atom. The van der Waals surface area contributed by atoms with E-state index in [1.165, 1.54) is 0 Å². The smallest absolute Gasteiger partial charge is 0.227 e. The summed E-state index contributed by atoms with van der Waals surface area (Å²) in [6.07, 6.45) is 2.82. The van der Waals surface area contributed by atoms with Crippen molar-refractivity contribution in [3.05, 3.63) is 11.8 Å². The van der Waals surface area contributed by atoms with Gasteiger partial charge in [0.15, 0.2) is 0 Å². The normalized spacial score (nSPS) is 28.2. The van der Waals surface area contributed by atoms with Crippen LogP contribution in [0.3, 0.4) is 0 Å². The monoisotopic (exact) mass is 375 g/mol. The number of rotatable bonds is 4. The van der Waals surface area contributed by atoms with Crippen LogP contribution in [0, 0.1) is 0 Å². The van der Waals surface area contributed by atoms with E-state index >= 15 is 0 Å². The summed E-state index contributed by atoms with van der Waals surface area (Å²) in [4.78, 5) is 11.6. The Morgan fingerprint density at radius 2 is 1.89 bits per heavy atom. The summed E-state index contributed by atoms with van der Waals surface area (Å²) >= 11 is 0. The summed E-state index contributed by atoms with van der Waals surface area (Å²) in [6, 6.07) is 2.45. The van der Waals surface area contributed by atoms with E-state index in [9.17, 15) is 5.11 Å². The molecule has 0 aromatic carbocycles. The molecule has 27 heavy (non-hydrogen) atoms. The Bertz CT molecular complexity index is 665. The molecule has 1 atom stereocenters. The Hall–Kier alpha value is -1.44. The van der Waals surface area contributed by atoms with Gasteiger partial charge in [0.1, 0.15) is 5.82 Å². The number of ether oxygens (including phenoxy) is 1. The molecule has 0 amide bonds. The van der Waals surface area contributed by atoms with Crippen molar-refractivity contribution in [2.45, 2.75) is 76.1 Å². The second kappa shape index (κ2) is 6.87. The largest absolute Gasteiger partial charge is 0.389 e. The first-order valence-electron chi connectivity index (χ1n) is 10.1. The van der Waals surface area contributed by atoms with Gasteiger partial charge in [-0.15, -0.1) is 0 Å². The summed E-state index contributed by atoms with van der Waals surface area (Å²) in [5, 5.41) is 17.1. The van der Waals surface area contributed by atoms with Crippen molar-refractivity contribution in [2.75, 3.05) is 36.5 Å². The van der Waals surface area contributed by atoms with Gasteiger partial charge < -0.3 is 25.4 Å². The van der Waals surface area contributed by atoms with Gasteiger partial charge in [0.05, 0.1) is 18.4 Å². The van der Waals surface area contributed by atoms with Gasteiger partial charge >= 0.3 is 0 Å². The number of aliphatic hydroxyl groups is 1. The molecule has 4 rings (SSSR count). The van der Waals surface area contributed by atoms with Gasteiger partial charge in [-0.05, 0) is 47.0 Å². The second-order valence-electron chi connectivity index (χ2n) is 9.74. The van der Waals surface area contributed by atoms with E-state index in [1.807, 2.05) is 4.90 Å². The maximum Gasteiger partial charge on any atom is 0.227 e. The van der Waals surface area contributed by atoms with E-state index in [0.29, 0.717) is 25.0 Å². The molecule has 150 valence electrons. The van der Waals surface area contributed by atoms with Crippen molar-refractivity contribution in [2.24, 2.45) is 0 Å². The summed E-state index contributed by atoms with van der Waals surface area (Å²) in [6.45, 7) is 11.8. The topological polar surface area (TPSA) is 82.5 Å². The first-order valence-corrected chi connectivity index (χ1v) is 10.1. The lowest BCUT2D eigenvalue weighted by molar-refractivity contribution is 0.140. The number of nitrogens with one attached hydrogen (secondary N) is 2. The number of piperidine rings is 1. The fourth-order valence-corrected chi connectivity index (χ4v) is 4.90. The molecular weight excluding hydrogens is 342 g/mol. The highest BCUT2D eigenvalue weighted by Gasteiger charge is 2.38. The molecule has 4 heterocycles. The lowest BCUT2D eigenvalue weighted by Crippen LogP contribution is -2.60. The Morgan fingerprint density at radius 3 is 2.48 bits per heavy atom. The molecule has 7 nitrogen and oxygen atoms in total. The maximum absolute atomic E-state index is 9.67. The fraction of sp³-hybridized carbons (Fsp3) is 0.800. The Balaban J connectivity index is 1.57. The van der Waals surface area contributed by atoms with E-state index in [1.54, 1.807) is 0 Å². The molecule has 3 fully saturated rings. The van der Waals surface area contributed by atoms with Crippen molar-refractivity contribution >= 4 is 11.8 Å². The minimum atomic E-state index is -0.269. The minimum absolute atomic E-state index is 0.0823. The van der Waals surface area contributed by atoms with Gasteiger partial charge in [-0.2, -0.15) is 4.98 Å². The van der Waals surface area contributed by atoms with Crippen LogP contribution in [0.25, 0.3) is 0 Å². The van der Waals surface area contributed by atoms with E-state index in [0.717, 1.165) is 49.9 Å². The lowest BCUT2D eigenvalue weighted by atomic mass is 9.79. The molecule has 1 aromatic heterocycles. The van der Waals surface area contributed by atoms with Crippen LogP contribution in [0.15, 0.2) is 6.07 Å². The highest BCUT2D eigenvalue weighted by Crippen LogP contribution is 2.32. The molecule has 3 saturated heterocycles. The molecule has 0 unspecified atom stereocenters. The summed E-state index contributed by atoms with van der Waals surface area (Å²) in [5.41, 5.74) is 1.21. The first-order chi connectivity index (χ1) is 12.7. The highest BCUT2D eigenvalue weighted by molar-refractivity contribution is 5.47. The van der Waals surface area contributed by atoms with Crippen LogP contribution in [0.2, 0.25) is 0 Å². The zero-order valence-electron chi connectivity index (χ0n) is 17.0. The van der Waals surface area contributed by atoms with Crippen molar-refractivity contribution < 1.29 is 9.84 Å². The first kappa shape index (κ1) is 18.9. The molecule has 3 aliphatic rings. The van der Waals surface area contributed by atoms with Crippen molar-refractivity contribution in [1.29, 1.82) is 0 Å². The van der Waals surface area contributed by atoms with Crippen molar-refractivity contribution in [3.8, 4) is 0 Å². The number of hydrogen-bond donors (Lipinski definition) is 3. The Kier molecular flexibility index (Phi) is 4.81. The molecule has 0 saturated carbocycles. The van der Waals surface area contributed by atoms with Crippen LogP contribution >= 0.6 is 0 Å². The molecule has 0 radical (unpaired) electrons. The molecule has 1 aromatic rings. The van der Waals surface area contributed by atoms with Gasteiger partial charge in [-0.25, -0.2) is 4.98 Å². The Labute approximate surface area is 161 Å². The van der Waals surface area contributed by atoms with Crippen LogP contribution in [0.4, 0.5) is 11.8 Å². The predicted octanol–water partition coefficient (Wildman–Crippen LogP) is 1.88. The number of anilines is 2. The van der Waals surface area contributed by atoms with E-state index in [-0.39, 0.29) is 17.2 Å². The molecule has 0 spiro atoms. The van der Waals surface area contributed by atoms with Crippen LogP contribution in [0.1, 0.15) is 58.6 Å². The molecule has 0 bridgehead atoms. The van der Waals surface area contributed by atoms with Crippen LogP contribution in [-0.2, 0) is 4.74 Å². The third-order valence-corrected chi connectivity index (χ3v) is 5.77. The summed E-state index contributed by atoms with van der Waals surface area (Å²) in [5.74, 6) is 1.95. The van der Waals surface area contributed by atoms with Gasteiger partial charge in [0.25, 0.3) is 0 Å². The number of aliphatic hydroxyl groups excluding tert-OH is 1. The summed E-state index contributed by atoms with van der Waals surface area (Å²) in [7, 11) is 0. The molecular formula is C20H33N5O2. The van der Waals surface area contributed by atoms with Gasteiger partial charge in [0.2, 0.25) is 5.95 Å². The van der Waals surface area contributed by atoms with Crippen molar-refractivity contribution in [1.82, 2.24) is 15.3 Å². The van der Waals surface area contributed by atoms with Gasteiger partial charge in [0, 0.05) is 48.8 Å². The maximum atomic E-state index is 9.67. The molecule has 0 aliphatic carbocycles. The highest BCUT2D eigenvalue weighted by atomic mass is 16.5. The van der Waals surface area contributed by atoms with Crippen LogP contribution in [0.5, 0.6) is 0 Å². The van der Waals surface area contributed by atoms with Gasteiger partial charge in [-0.3, -0.25) is 0 Å². The van der Waals surface area contributed by atoms with Gasteiger partial charge in [-0.1, -0.05) is 0 Å². The van der Waals surface area contributed by atoms with Crippen LogP contribution < -0.4 is 15.5 Å². The molecule has 3 aliphatic heterocycles. The molecule has 3 N–H and O–H groups in total. The SMILES string of the molecule is CC1(C)CC(Nc2cc([C@H]3CCOC3)nc(N3CC(O)C3)n2)CC(C)(C)N1. The third-order valence-electron chi connectivity index (χ3n) is 5.77. The zero-order chi connectivity index (χ0) is 19.2. The molecule has 7 heteroatoms. The van der Waals surface area contributed by atoms with E-state index < -0.39 is 0 Å². The quantitative estimate of drug-likeness (QED) is 0.741. The summed E-state index contributed by atoms with van der Waals surface area (Å²) < 4.78 is 5.57. The average molecular weight is 376 g/mol. The number of nitrogens with zero attached hydrogens (tertiary/aromatic N) is 3. The standard InChI is InChI=1S/C20H33N5O2/c1-19(2)8-14(9-20(3,4)24-19)21-17-7-16(13-5-6-27-12-13)22-18(23-17)25-10-15(26)11-25/h7,13-15,24,26H,5-6,8-12H2,1-4H3,(H,21,22,23)/t13-/m0/s1. The van der Waals surface area contributed by atoms with E-state index in [2.05, 4.69) is 44.4 Å².